The van der Waals surface area contributed by atoms with E-state index >= 15 is 0 Å². The first-order valence-electron chi connectivity index (χ1n) is 9.14. The van der Waals surface area contributed by atoms with Gasteiger partial charge in [0.1, 0.15) is 5.82 Å². The van der Waals surface area contributed by atoms with Gasteiger partial charge in [0.05, 0.1) is 5.69 Å². The predicted octanol–water partition coefficient (Wildman–Crippen LogP) is 3.42. The average molecular weight is 340 g/mol. The van der Waals surface area contributed by atoms with Crippen LogP contribution in [0.1, 0.15) is 30.5 Å². The maximum absolute atomic E-state index is 13.1. The number of benzene rings is 1. The van der Waals surface area contributed by atoms with Gasteiger partial charge in [-0.1, -0.05) is 12.1 Å². The number of likely N-dealkylation sites (tertiary alicyclic amines) is 1. The van der Waals surface area contributed by atoms with Crippen molar-refractivity contribution < 1.29 is 4.39 Å². The van der Waals surface area contributed by atoms with Crippen molar-refractivity contribution in [3.8, 4) is 0 Å². The Morgan fingerprint density at radius 3 is 2.60 bits per heavy atom. The number of rotatable bonds is 3. The number of hydrogen-bond acceptors (Lipinski definition) is 4. The van der Waals surface area contributed by atoms with Gasteiger partial charge in [0.25, 0.3) is 0 Å². The molecular formula is C20H25FN4. The summed E-state index contributed by atoms with van der Waals surface area (Å²) in [5, 5.41) is 8.59. The summed E-state index contributed by atoms with van der Waals surface area (Å²) < 4.78 is 13.1. The smallest absolute Gasteiger partial charge is 0.151 e. The largest absolute Gasteiger partial charge is 0.355 e. The van der Waals surface area contributed by atoms with Gasteiger partial charge in [-0.2, -0.15) is 5.10 Å². The molecule has 3 heterocycles. The molecule has 0 bridgehead atoms. The lowest BCUT2D eigenvalue weighted by atomic mass is 9.79. The van der Waals surface area contributed by atoms with E-state index < -0.39 is 0 Å². The quantitative estimate of drug-likeness (QED) is 0.857. The van der Waals surface area contributed by atoms with Crippen LogP contribution in [-0.4, -0.2) is 41.3 Å². The summed E-state index contributed by atoms with van der Waals surface area (Å²) in [6.45, 7) is 7.23. The van der Waals surface area contributed by atoms with Crippen molar-refractivity contribution in [1.29, 1.82) is 0 Å². The maximum atomic E-state index is 13.1. The molecule has 0 radical (unpaired) electrons. The van der Waals surface area contributed by atoms with Crippen molar-refractivity contribution in [2.75, 3.05) is 31.1 Å². The minimum Gasteiger partial charge on any atom is -0.355 e. The Balaban J connectivity index is 1.42. The van der Waals surface area contributed by atoms with Crippen LogP contribution in [0.4, 0.5) is 10.2 Å². The molecule has 1 spiro atoms. The van der Waals surface area contributed by atoms with Gasteiger partial charge in [0.2, 0.25) is 0 Å². The first kappa shape index (κ1) is 16.5. The highest BCUT2D eigenvalue weighted by molar-refractivity contribution is 5.38. The van der Waals surface area contributed by atoms with E-state index in [-0.39, 0.29) is 5.82 Å². The lowest BCUT2D eigenvalue weighted by molar-refractivity contribution is 0.216. The zero-order valence-electron chi connectivity index (χ0n) is 14.8. The number of piperidine rings is 1. The highest BCUT2D eigenvalue weighted by Crippen LogP contribution is 2.40. The molecule has 0 saturated carbocycles. The first-order chi connectivity index (χ1) is 12.1. The molecule has 5 heteroatoms. The minimum atomic E-state index is -0.163. The molecule has 2 fully saturated rings. The fraction of sp³-hybridized carbons (Fsp3) is 0.500. The Bertz CT molecular complexity index is 715. The van der Waals surface area contributed by atoms with E-state index in [1.54, 1.807) is 12.1 Å². The van der Waals surface area contributed by atoms with Gasteiger partial charge >= 0.3 is 0 Å². The van der Waals surface area contributed by atoms with Crippen LogP contribution in [0.3, 0.4) is 0 Å². The molecule has 4 rings (SSSR count). The second kappa shape index (κ2) is 6.71. The lowest BCUT2D eigenvalue weighted by Crippen LogP contribution is -2.45. The zero-order valence-corrected chi connectivity index (χ0v) is 14.8. The molecule has 4 nitrogen and oxygen atoms in total. The number of hydrogen-bond donors (Lipinski definition) is 0. The Morgan fingerprint density at radius 2 is 1.84 bits per heavy atom. The molecular weight excluding hydrogens is 315 g/mol. The molecule has 1 aromatic carbocycles. The van der Waals surface area contributed by atoms with Gasteiger partial charge in [-0.25, -0.2) is 4.39 Å². The van der Waals surface area contributed by atoms with E-state index in [1.807, 2.05) is 25.1 Å². The molecule has 2 saturated heterocycles. The van der Waals surface area contributed by atoms with Crippen LogP contribution in [-0.2, 0) is 6.54 Å². The van der Waals surface area contributed by atoms with E-state index in [2.05, 4.69) is 26.1 Å². The molecule has 1 unspecified atom stereocenters. The van der Waals surface area contributed by atoms with Crippen LogP contribution in [0.2, 0.25) is 0 Å². The van der Waals surface area contributed by atoms with E-state index in [0.717, 1.165) is 44.2 Å². The van der Waals surface area contributed by atoms with Gasteiger partial charge in [-0.15, -0.1) is 5.10 Å². The third-order valence-electron chi connectivity index (χ3n) is 5.61. The van der Waals surface area contributed by atoms with Crippen LogP contribution in [0.5, 0.6) is 0 Å². The SMILES string of the molecule is Cc1ccc(N2CCCC3(CCN(Cc4ccc(F)cc4)C3)C2)nn1. The summed E-state index contributed by atoms with van der Waals surface area (Å²) in [6.07, 6.45) is 3.71. The van der Waals surface area contributed by atoms with E-state index in [4.69, 9.17) is 0 Å². The van der Waals surface area contributed by atoms with Crippen LogP contribution in [0.15, 0.2) is 36.4 Å². The van der Waals surface area contributed by atoms with Gasteiger partial charge in [-0.05, 0) is 62.6 Å². The molecule has 25 heavy (non-hydrogen) atoms. The summed E-state index contributed by atoms with van der Waals surface area (Å²) >= 11 is 0. The molecule has 0 N–H and O–H groups in total. The number of halogens is 1. The van der Waals surface area contributed by atoms with Crippen molar-refractivity contribution >= 4 is 5.82 Å². The molecule has 1 aromatic heterocycles. The number of aromatic nitrogens is 2. The molecule has 1 atom stereocenters. The Hall–Kier alpha value is -2.01. The fourth-order valence-electron chi connectivity index (χ4n) is 4.31. The second-order valence-corrected chi connectivity index (χ2v) is 7.65. The minimum absolute atomic E-state index is 0.163. The fourth-order valence-corrected chi connectivity index (χ4v) is 4.31. The highest BCUT2D eigenvalue weighted by Gasteiger charge is 2.41. The lowest BCUT2D eigenvalue weighted by Gasteiger charge is -2.41. The standard InChI is InChI=1S/C20H25FN4/c1-16-3-8-19(23-22-16)25-11-2-9-20(15-25)10-12-24(14-20)13-17-4-6-18(21)7-5-17/h3-8H,2,9-15H2,1H3. The van der Waals surface area contributed by atoms with Crippen molar-refractivity contribution in [2.24, 2.45) is 5.41 Å². The third-order valence-corrected chi connectivity index (χ3v) is 5.61. The van der Waals surface area contributed by atoms with Crippen LogP contribution < -0.4 is 4.90 Å². The van der Waals surface area contributed by atoms with Crippen molar-refractivity contribution in [2.45, 2.75) is 32.7 Å². The summed E-state index contributed by atoms with van der Waals surface area (Å²) in [6, 6.07) is 11.0. The van der Waals surface area contributed by atoms with Crippen molar-refractivity contribution in [1.82, 2.24) is 15.1 Å². The molecule has 2 aromatic rings. The number of nitrogens with zero attached hydrogens (tertiary/aromatic N) is 4. The Labute approximate surface area is 148 Å². The van der Waals surface area contributed by atoms with Gasteiger partial charge < -0.3 is 4.90 Å². The van der Waals surface area contributed by atoms with Gasteiger partial charge in [0.15, 0.2) is 5.82 Å². The van der Waals surface area contributed by atoms with E-state index in [1.165, 1.54) is 24.8 Å². The van der Waals surface area contributed by atoms with Crippen LogP contribution in [0.25, 0.3) is 0 Å². The summed E-state index contributed by atoms with van der Waals surface area (Å²) in [4.78, 5) is 4.91. The first-order valence-corrected chi connectivity index (χ1v) is 9.14. The van der Waals surface area contributed by atoms with Crippen LogP contribution >= 0.6 is 0 Å². The molecule has 0 aliphatic carbocycles. The highest BCUT2D eigenvalue weighted by atomic mass is 19.1. The normalized spacial score (nSPS) is 24.2. The monoisotopic (exact) mass is 340 g/mol. The zero-order chi connectivity index (χ0) is 17.3. The molecule has 2 aliphatic heterocycles. The molecule has 132 valence electrons. The summed E-state index contributed by atoms with van der Waals surface area (Å²) in [5.41, 5.74) is 2.50. The number of aryl methyl sites for hydroxylation is 1. The Kier molecular flexibility index (Phi) is 4.42. The van der Waals surface area contributed by atoms with E-state index in [9.17, 15) is 4.39 Å². The third kappa shape index (κ3) is 3.66. The maximum Gasteiger partial charge on any atom is 0.151 e. The molecule has 2 aliphatic rings. The summed E-state index contributed by atoms with van der Waals surface area (Å²) in [7, 11) is 0. The van der Waals surface area contributed by atoms with Crippen molar-refractivity contribution in [3.05, 3.63) is 53.5 Å². The number of anilines is 1. The van der Waals surface area contributed by atoms with E-state index in [0.29, 0.717) is 5.41 Å². The van der Waals surface area contributed by atoms with Crippen LogP contribution in [0, 0.1) is 18.2 Å². The topological polar surface area (TPSA) is 32.3 Å². The van der Waals surface area contributed by atoms with Gasteiger partial charge in [0, 0.05) is 31.6 Å². The predicted molar refractivity (Wildman–Crippen MR) is 96.9 cm³/mol. The van der Waals surface area contributed by atoms with Gasteiger partial charge in [-0.3, -0.25) is 4.90 Å². The average Bonchev–Trinajstić information content (AvgIpc) is 2.99. The summed E-state index contributed by atoms with van der Waals surface area (Å²) in [5.74, 6) is 0.838. The second-order valence-electron chi connectivity index (χ2n) is 7.65. The van der Waals surface area contributed by atoms with Crippen molar-refractivity contribution in [3.63, 3.8) is 0 Å². The Morgan fingerprint density at radius 1 is 1.00 bits per heavy atom. The molecule has 0 amide bonds.